The fourth-order valence-corrected chi connectivity index (χ4v) is 5.07. The molecule has 0 aromatic heterocycles. The lowest BCUT2D eigenvalue weighted by atomic mass is 10.1. The highest BCUT2D eigenvalue weighted by Crippen LogP contribution is 2.47. The van der Waals surface area contributed by atoms with Crippen molar-refractivity contribution in [1.29, 1.82) is 0 Å². The Balaban J connectivity index is 1.36. The molecule has 0 saturated carbocycles. The molecule has 1 aliphatic rings. The molecule has 1 heterocycles. The molecule has 4 rings (SSSR count). The van der Waals surface area contributed by atoms with E-state index >= 15 is 0 Å². The van der Waals surface area contributed by atoms with E-state index in [2.05, 4.69) is 58.7 Å². The van der Waals surface area contributed by atoms with Crippen LogP contribution < -0.4 is 24.4 Å². The number of fused-ring (bicyclic) bond motifs is 2. The number of rotatable bonds is 9. The number of amides is 1. The molecule has 7 heteroatoms. The highest BCUT2D eigenvalue weighted by molar-refractivity contribution is 7.99. The topological polar surface area (TPSA) is 60.0 Å². The Kier molecular flexibility index (Phi) is 7.29. The molecule has 3 aromatic carbocycles. The van der Waals surface area contributed by atoms with Crippen molar-refractivity contribution in [2.75, 3.05) is 39.3 Å². The molecule has 1 amide bonds. The van der Waals surface area contributed by atoms with Crippen LogP contribution in [-0.2, 0) is 11.2 Å². The lowest BCUT2D eigenvalue weighted by Crippen LogP contribution is -2.29. The van der Waals surface area contributed by atoms with Crippen molar-refractivity contribution in [3.63, 3.8) is 0 Å². The van der Waals surface area contributed by atoms with Crippen LogP contribution in [0.4, 0.5) is 11.4 Å². The van der Waals surface area contributed by atoms with E-state index in [1.54, 1.807) is 45.2 Å². The number of para-hydroxylation sites is 2. The van der Waals surface area contributed by atoms with Gasteiger partial charge in [-0.05, 0) is 48.4 Å². The molecular formula is C26H28N2O4S. The molecule has 6 nitrogen and oxygen atoms in total. The first-order valence-electron chi connectivity index (χ1n) is 10.8. The Bertz CT molecular complexity index is 1060. The second kappa shape index (κ2) is 10.5. The number of methoxy groups -OCH3 is 3. The Labute approximate surface area is 198 Å². The van der Waals surface area contributed by atoms with Crippen LogP contribution in [0.2, 0.25) is 0 Å². The van der Waals surface area contributed by atoms with Gasteiger partial charge in [-0.3, -0.25) is 4.79 Å². The molecule has 3 aromatic rings. The molecule has 0 radical (unpaired) electrons. The summed E-state index contributed by atoms with van der Waals surface area (Å²) in [4.78, 5) is 17.4. The second-order valence-electron chi connectivity index (χ2n) is 7.60. The third-order valence-electron chi connectivity index (χ3n) is 5.50. The molecule has 0 bridgehead atoms. The minimum atomic E-state index is -0.0423. The van der Waals surface area contributed by atoms with Gasteiger partial charge in [0, 0.05) is 22.9 Å². The number of ether oxygens (including phenoxy) is 3. The smallest absolute Gasteiger partial charge is 0.224 e. The van der Waals surface area contributed by atoms with Gasteiger partial charge in [-0.15, -0.1) is 0 Å². The van der Waals surface area contributed by atoms with Crippen LogP contribution in [0.5, 0.6) is 17.2 Å². The summed E-state index contributed by atoms with van der Waals surface area (Å²) in [6, 6.07) is 20.5. The molecule has 0 aliphatic carbocycles. The number of hydrogen-bond acceptors (Lipinski definition) is 6. The van der Waals surface area contributed by atoms with Crippen LogP contribution in [0.25, 0.3) is 0 Å². The molecule has 0 spiro atoms. The molecule has 33 heavy (non-hydrogen) atoms. The van der Waals surface area contributed by atoms with Gasteiger partial charge in [-0.25, -0.2) is 0 Å². The predicted octanol–water partition coefficient (Wildman–Crippen LogP) is 5.06. The van der Waals surface area contributed by atoms with Crippen molar-refractivity contribution < 1.29 is 19.0 Å². The monoisotopic (exact) mass is 464 g/mol. The molecule has 0 atom stereocenters. The lowest BCUT2D eigenvalue weighted by molar-refractivity contribution is -0.120. The van der Waals surface area contributed by atoms with Gasteiger partial charge in [0.15, 0.2) is 11.5 Å². The summed E-state index contributed by atoms with van der Waals surface area (Å²) in [5, 5.41) is 3.04. The Morgan fingerprint density at radius 1 is 0.879 bits per heavy atom. The Morgan fingerprint density at radius 3 is 2.00 bits per heavy atom. The minimum absolute atomic E-state index is 0.0423. The first-order valence-corrected chi connectivity index (χ1v) is 11.6. The first-order chi connectivity index (χ1) is 16.1. The predicted molar refractivity (Wildman–Crippen MR) is 131 cm³/mol. The average molecular weight is 465 g/mol. The lowest BCUT2D eigenvalue weighted by Gasteiger charge is -2.32. The number of nitrogens with one attached hydrogen (secondary N) is 1. The van der Waals surface area contributed by atoms with E-state index in [-0.39, 0.29) is 12.3 Å². The van der Waals surface area contributed by atoms with E-state index in [1.165, 1.54) is 21.2 Å². The van der Waals surface area contributed by atoms with Gasteiger partial charge in [0.05, 0.1) is 39.1 Å². The van der Waals surface area contributed by atoms with E-state index in [0.717, 1.165) is 18.5 Å². The first kappa shape index (κ1) is 22.9. The van der Waals surface area contributed by atoms with Crippen LogP contribution in [0.3, 0.4) is 0 Å². The summed E-state index contributed by atoms with van der Waals surface area (Å²) in [5.41, 5.74) is 3.23. The Hall–Kier alpha value is -3.32. The van der Waals surface area contributed by atoms with Crippen molar-refractivity contribution in [2.45, 2.75) is 22.6 Å². The molecule has 172 valence electrons. The summed E-state index contributed by atoms with van der Waals surface area (Å²) < 4.78 is 16.1. The van der Waals surface area contributed by atoms with Gasteiger partial charge in [0.25, 0.3) is 0 Å². The van der Waals surface area contributed by atoms with E-state index in [1.807, 2.05) is 0 Å². The molecule has 1 N–H and O–H groups in total. The maximum absolute atomic E-state index is 12.6. The fourth-order valence-electron chi connectivity index (χ4n) is 3.97. The van der Waals surface area contributed by atoms with E-state index in [0.29, 0.717) is 23.8 Å². The normalized spacial score (nSPS) is 11.9. The van der Waals surface area contributed by atoms with Gasteiger partial charge in [-0.1, -0.05) is 36.0 Å². The summed E-state index contributed by atoms with van der Waals surface area (Å²) in [6.45, 7) is 1.41. The van der Waals surface area contributed by atoms with E-state index < -0.39 is 0 Å². The van der Waals surface area contributed by atoms with Gasteiger partial charge < -0.3 is 24.4 Å². The maximum Gasteiger partial charge on any atom is 0.224 e. The van der Waals surface area contributed by atoms with Crippen molar-refractivity contribution >= 4 is 29.0 Å². The fraction of sp³-hybridized carbons (Fsp3) is 0.269. The minimum Gasteiger partial charge on any atom is -0.493 e. The highest BCUT2D eigenvalue weighted by Gasteiger charge is 2.22. The van der Waals surface area contributed by atoms with Crippen LogP contribution in [0.1, 0.15) is 12.0 Å². The summed E-state index contributed by atoms with van der Waals surface area (Å²) in [5.74, 6) is 1.56. The molecule has 0 fully saturated rings. The van der Waals surface area contributed by atoms with Crippen LogP contribution in [0.15, 0.2) is 70.5 Å². The van der Waals surface area contributed by atoms with Gasteiger partial charge >= 0.3 is 0 Å². The van der Waals surface area contributed by atoms with Crippen molar-refractivity contribution in [1.82, 2.24) is 5.32 Å². The zero-order chi connectivity index (χ0) is 23.2. The SMILES string of the molecule is COc1cc(CC(=O)NCCCN2c3ccccc3Sc3ccccc32)cc(OC)c1OC. The van der Waals surface area contributed by atoms with E-state index in [4.69, 9.17) is 14.2 Å². The number of anilines is 2. The van der Waals surface area contributed by atoms with Crippen LogP contribution >= 0.6 is 11.8 Å². The zero-order valence-electron chi connectivity index (χ0n) is 19.1. The number of hydrogen-bond donors (Lipinski definition) is 1. The average Bonchev–Trinajstić information content (AvgIpc) is 2.85. The van der Waals surface area contributed by atoms with Crippen molar-refractivity contribution in [3.8, 4) is 17.2 Å². The number of carbonyl (C=O) groups is 1. The van der Waals surface area contributed by atoms with Crippen LogP contribution in [0, 0.1) is 0 Å². The molecule has 1 aliphatic heterocycles. The van der Waals surface area contributed by atoms with Gasteiger partial charge in [-0.2, -0.15) is 0 Å². The summed E-state index contributed by atoms with van der Waals surface area (Å²) in [6.07, 6.45) is 1.07. The quantitative estimate of drug-likeness (QED) is 0.447. The Morgan fingerprint density at radius 2 is 1.45 bits per heavy atom. The number of benzene rings is 3. The number of carbonyl (C=O) groups excluding carboxylic acids is 1. The van der Waals surface area contributed by atoms with E-state index in [9.17, 15) is 4.79 Å². The molecule has 0 saturated heterocycles. The molecule has 0 unspecified atom stereocenters. The largest absolute Gasteiger partial charge is 0.493 e. The number of nitrogens with zero attached hydrogens (tertiary/aromatic N) is 1. The van der Waals surface area contributed by atoms with Crippen LogP contribution in [-0.4, -0.2) is 40.3 Å². The molecular weight excluding hydrogens is 436 g/mol. The van der Waals surface area contributed by atoms with Crippen molar-refractivity contribution in [3.05, 3.63) is 66.2 Å². The summed E-state index contributed by atoms with van der Waals surface area (Å²) >= 11 is 1.80. The second-order valence-corrected chi connectivity index (χ2v) is 8.69. The zero-order valence-corrected chi connectivity index (χ0v) is 19.9. The van der Waals surface area contributed by atoms with Gasteiger partial charge in [0.2, 0.25) is 11.7 Å². The third-order valence-corrected chi connectivity index (χ3v) is 6.63. The van der Waals surface area contributed by atoms with Crippen molar-refractivity contribution in [2.24, 2.45) is 0 Å². The highest BCUT2D eigenvalue weighted by atomic mass is 32.2. The standard InChI is InChI=1S/C26H28N2O4S/c1-30-21-15-18(16-22(31-2)26(21)32-3)17-25(29)27-13-8-14-28-19-9-4-6-11-23(19)33-24-12-7-5-10-20(24)28/h4-7,9-12,15-16H,8,13-14,17H2,1-3H3,(H,27,29). The maximum atomic E-state index is 12.6. The summed E-state index contributed by atoms with van der Waals surface area (Å²) in [7, 11) is 4.69. The van der Waals surface area contributed by atoms with Gasteiger partial charge in [0.1, 0.15) is 0 Å². The third kappa shape index (κ3) is 5.03.